The van der Waals surface area contributed by atoms with Crippen molar-refractivity contribution in [3.8, 4) is 5.75 Å². The Hall–Kier alpha value is -2.87. The third kappa shape index (κ3) is 3.38. The first kappa shape index (κ1) is 16.0. The summed E-state index contributed by atoms with van der Waals surface area (Å²) in [5.74, 6) is 0.873. The Labute approximate surface area is 142 Å². The Morgan fingerprint density at radius 3 is 2.42 bits per heavy atom. The second-order valence-corrected chi connectivity index (χ2v) is 5.99. The molecule has 0 heterocycles. The van der Waals surface area contributed by atoms with Gasteiger partial charge in [-0.05, 0) is 60.0 Å². The molecule has 3 rings (SSSR count). The number of ether oxygens (including phenoxy) is 1. The average Bonchev–Trinajstić information content (AvgIpc) is 2.59. The third-order valence-corrected chi connectivity index (χ3v) is 4.15. The molecule has 0 amide bonds. The van der Waals surface area contributed by atoms with Crippen LogP contribution in [0, 0.1) is 13.8 Å². The number of hydrogen-bond acceptors (Lipinski definition) is 2. The van der Waals surface area contributed by atoms with Gasteiger partial charge in [0.15, 0.2) is 5.78 Å². The fourth-order valence-corrected chi connectivity index (χ4v) is 2.82. The van der Waals surface area contributed by atoms with Gasteiger partial charge in [-0.3, -0.25) is 4.79 Å². The lowest BCUT2D eigenvalue weighted by atomic mass is 10.0. The molecular formula is C22H20O2. The predicted molar refractivity (Wildman–Crippen MR) is 99.8 cm³/mol. The first-order chi connectivity index (χ1) is 11.6. The Morgan fingerprint density at radius 1 is 0.917 bits per heavy atom. The van der Waals surface area contributed by atoms with Crippen molar-refractivity contribution in [2.24, 2.45) is 0 Å². The fourth-order valence-electron chi connectivity index (χ4n) is 2.82. The standard InChI is InChI=1S/C22H20O2/c1-15-4-10-21(16(2)12-15)22(23)11-6-17-5-7-19-14-20(24-3)9-8-18(19)13-17/h4-14H,1-3H3/b11-6+. The van der Waals surface area contributed by atoms with Crippen LogP contribution in [0.2, 0.25) is 0 Å². The molecule has 0 aromatic heterocycles. The van der Waals surface area contributed by atoms with Gasteiger partial charge in [-0.1, -0.05) is 48.0 Å². The molecule has 0 aliphatic carbocycles. The van der Waals surface area contributed by atoms with E-state index in [2.05, 4.69) is 6.07 Å². The highest BCUT2D eigenvalue weighted by atomic mass is 16.5. The summed E-state index contributed by atoms with van der Waals surface area (Å²) in [5.41, 5.74) is 3.93. The van der Waals surface area contributed by atoms with Crippen molar-refractivity contribution in [2.75, 3.05) is 7.11 Å². The minimum Gasteiger partial charge on any atom is -0.497 e. The quantitative estimate of drug-likeness (QED) is 0.478. The molecule has 0 atom stereocenters. The molecule has 0 aliphatic heterocycles. The topological polar surface area (TPSA) is 26.3 Å². The summed E-state index contributed by atoms with van der Waals surface area (Å²) >= 11 is 0. The summed E-state index contributed by atoms with van der Waals surface area (Å²) in [6.07, 6.45) is 3.51. The number of ketones is 1. The van der Waals surface area contributed by atoms with Crippen LogP contribution in [0.4, 0.5) is 0 Å². The number of hydrogen-bond donors (Lipinski definition) is 0. The average molecular weight is 316 g/mol. The zero-order valence-corrected chi connectivity index (χ0v) is 14.2. The van der Waals surface area contributed by atoms with Gasteiger partial charge in [0.05, 0.1) is 7.11 Å². The molecule has 24 heavy (non-hydrogen) atoms. The predicted octanol–water partition coefficient (Wildman–Crippen LogP) is 5.36. The maximum atomic E-state index is 12.4. The highest BCUT2D eigenvalue weighted by Crippen LogP contribution is 2.22. The second kappa shape index (κ2) is 6.71. The Morgan fingerprint density at radius 2 is 1.67 bits per heavy atom. The van der Waals surface area contributed by atoms with Crippen molar-refractivity contribution in [3.63, 3.8) is 0 Å². The first-order valence-corrected chi connectivity index (χ1v) is 7.94. The van der Waals surface area contributed by atoms with Gasteiger partial charge in [-0.15, -0.1) is 0 Å². The van der Waals surface area contributed by atoms with Crippen LogP contribution in [-0.4, -0.2) is 12.9 Å². The Kier molecular flexibility index (Phi) is 4.48. The van der Waals surface area contributed by atoms with Crippen LogP contribution >= 0.6 is 0 Å². The van der Waals surface area contributed by atoms with Crippen molar-refractivity contribution in [1.29, 1.82) is 0 Å². The molecule has 120 valence electrons. The van der Waals surface area contributed by atoms with E-state index in [1.54, 1.807) is 13.2 Å². The van der Waals surface area contributed by atoms with Crippen molar-refractivity contribution in [2.45, 2.75) is 13.8 Å². The van der Waals surface area contributed by atoms with E-state index in [1.165, 1.54) is 0 Å². The van der Waals surface area contributed by atoms with Crippen LogP contribution in [0.3, 0.4) is 0 Å². The van der Waals surface area contributed by atoms with E-state index >= 15 is 0 Å². The lowest BCUT2D eigenvalue weighted by Crippen LogP contribution is -1.98. The van der Waals surface area contributed by atoms with E-state index in [-0.39, 0.29) is 5.78 Å². The lowest BCUT2D eigenvalue weighted by Gasteiger charge is -2.04. The van der Waals surface area contributed by atoms with Gasteiger partial charge in [0.1, 0.15) is 5.75 Å². The molecule has 0 unspecified atom stereocenters. The number of aryl methyl sites for hydroxylation is 2. The Balaban J connectivity index is 1.85. The van der Waals surface area contributed by atoms with Gasteiger partial charge in [0.25, 0.3) is 0 Å². The van der Waals surface area contributed by atoms with Gasteiger partial charge in [0, 0.05) is 5.56 Å². The largest absolute Gasteiger partial charge is 0.497 e. The van der Waals surface area contributed by atoms with Gasteiger partial charge < -0.3 is 4.74 Å². The maximum absolute atomic E-state index is 12.4. The van der Waals surface area contributed by atoms with E-state index in [1.807, 2.05) is 68.5 Å². The number of methoxy groups -OCH3 is 1. The molecule has 0 saturated carbocycles. The summed E-state index contributed by atoms with van der Waals surface area (Å²) in [5, 5.41) is 2.24. The molecule has 0 fully saturated rings. The van der Waals surface area contributed by atoms with E-state index < -0.39 is 0 Å². The van der Waals surface area contributed by atoms with Crippen LogP contribution < -0.4 is 4.74 Å². The number of benzene rings is 3. The van der Waals surface area contributed by atoms with Crippen molar-refractivity contribution >= 4 is 22.6 Å². The highest BCUT2D eigenvalue weighted by molar-refractivity contribution is 6.08. The molecule has 2 nitrogen and oxygen atoms in total. The lowest BCUT2D eigenvalue weighted by molar-refractivity contribution is 0.104. The smallest absolute Gasteiger partial charge is 0.186 e. The number of carbonyl (C=O) groups excluding carboxylic acids is 1. The summed E-state index contributed by atoms with van der Waals surface area (Å²) in [6.45, 7) is 4.00. The molecule has 3 aromatic rings. The minimum absolute atomic E-state index is 0.0299. The maximum Gasteiger partial charge on any atom is 0.186 e. The van der Waals surface area contributed by atoms with E-state index in [4.69, 9.17) is 4.74 Å². The van der Waals surface area contributed by atoms with Crippen LogP contribution in [0.5, 0.6) is 5.75 Å². The van der Waals surface area contributed by atoms with Gasteiger partial charge in [-0.25, -0.2) is 0 Å². The molecule has 0 aliphatic rings. The van der Waals surface area contributed by atoms with Gasteiger partial charge in [0.2, 0.25) is 0 Å². The van der Waals surface area contributed by atoms with Crippen LogP contribution in [0.15, 0.2) is 60.7 Å². The molecule has 0 spiro atoms. The number of carbonyl (C=O) groups is 1. The summed E-state index contributed by atoms with van der Waals surface area (Å²) < 4.78 is 5.24. The summed E-state index contributed by atoms with van der Waals surface area (Å²) in [6, 6.07) is 18.0. The van der Waals surface area contributed by atoms with Crippen LogP contribution in [-0.2, 0) is 0 Å². The van der Waals surface area contributed by atoms with Crippen LogP contribution in [0.1, 0.15) is 27.0 Å². The number of allylic oxidation sites excluding steroid dienone is 1. The SMILES string of the molecule is COc1ccc2cc(/C=C/C(=O)c3ccc(C)cc3C)ccc2c1. The summed E-state index contributed by atoms with van der Waals surface area (Å²) in [7, 11) is 1.66. The Bertz CT molecular complexity index is 936. The molecule has 0 N–H and O–H groups in total. The van der Waals surface area contributed by atoms with Crippen molar-refractivity contribution < 1.29 is 9.53 Å². The molecule has 3 aromatic carbocycles. The third-order valence-electron chi connectivity index (χ3n) is 4.15. The molecule has 0 radical (unpaired) electrons. The van der Waals surface area contributed by atoms with Gasteiger partial charge >= 0.3 is 0 Å². The summed E-state index contributed by atoms with van der Waals surface area (Å²) in [4.78, 5) is 12.4. The number of rotatable bonds is 4. The molecule has 0 saturated heterocycles. The normalized spacial score (nSPS) is 11.1. The van der Waals surface area contributed by atoms with Crippen molar-refractivity contribution in [1.82, 2.24) is 0 Å². The molecule has 2 heteroatoms. The zero-order chi connectivity index (χ0) is 17.1. The highest BCUT2D eigenvalue weighted by Gasteiger charge is 2.05. The van der Waals surface area contributed by atoms with Gasteiger partial charge in [-0.2, -0.15) is 0 Å². The van der Waals surface area contributed by atoms with E-state index in [0.717, 1.165) is 38.8 Å². The van der Waals surface area contributed by atoms with E-state index in [0.29, 0.717) is 0 Å². The zero-order valence-electron chi connectivity index (χ0n) is 14.2. The van der Waals surface area contributed by atoms with Crippen molar-refractivity contribution in [3.05, 3.63) is 82.9 Å². The fraction of sp³-hybridized carbons (Fsp3) is 0.136. The molecular weight excluding hydrogens is 296 g/mol. The van der Waals surface area contributed by atoms with E-state index in [9.17, 15) is 4.79 Å². The van der Waals surface area contributed by atoms with Crippen LogP contribution in [0.25, 0.3) is 16.8 Å². The minimum atomic E-state index is 0.0299. The first-order valence-electron chi connectivity index (χ1n) is 7.94. The number of fused-ring (bicyclic) bond motifs is 1. The second-order valence-electron chi connectivity index (χ2n) is 5.99. The molecule has 0 bridgehead atoms. The monoisotopic (exact) mass is 316 g/mol.